The fourth-order valence-corrected chi connectivity index (χ4v) is 2.52. The molecule has 7 heteroatoms. The van der Waals surface area contributed by atoms with E-state index in [2.05, 4.69) is 37.5 Å². The van der Waals surface area contributed by atoms with Gasteiger partial charge in [0, 0.05) is 3.57 Å². The number of rotatable bonds is 2. The van der Waals surface area contributed by atoms with Crippen LogP contribution in [-0.4, -0.2) is 19.5 Å². The molecule has 2 heterocycles. The molecule has 0 aliphatic carbocycles. The van der Waals surface area contributed by atoms with Crippen molar-refractivity contribution in [1.29, 1.82) is 0 Å². The topological polar surface area (TPSA) is 89.6 Å². The Morgan fingerprint density at radius 2 is 2.26 bits per heavy atom. The van der Waals surface area contributed by atoms with E-state index in [0.717, 1.165) is 9.13 Å². The number of halogens is 1. The Morgan fingerprint density at radius 3 is 3.05 bits per heavy atom. The number of hydrogen-bond donors (Lipinski definition) is 2. The number of aromatic nitrogens is 4. The van der Waals surface area contributed by atoms with Gasteiger partial charge in [-0.3, -0.25) is 9.36 Å². The van der Waals surface area contributed by atoms with Gasteiger partial charge in [0.1, 0.15) is 0 Å². The molecule has 1 aromatic carbocycles. The summed E-state index contributed by atoms with van der Waals surface area (Å²) in [6, 6.07) is 7.89. The van der Waals surface area contributed by atoms with E-state index in [-0.39, 0.29) is 11.5 Å². The zero-order valence-corrected chi connectivity index (χ0v) is 12.0. The van der Waals surface area contributed by atoms with Gasteiger partial charge in [0.2, 0.25) is 5.95 Å². The number of fused-ring (bicyclic) bond motifs is 1. The summed E-state index contributed by atoms with van der Waals surface area (Å²) in [5.74, 6) is 0.170. The number of nitrogens with two attached hydrogens (primary N) is 1. The molecule has 0 radical (unpaired) electrons. The van der Waals surface area contributed by atoms with E-state index in [4.69, 9.17) is 5.73 Å². The predicted octanol–water partition coefficient (Wildman–Crippen LogP) is 1.35. The first-order chi connectivity index (χ1) is 9.15. The number of anilines is 1. The molecule has 0 fully saturated rings. The SMILES string of the molecule is Nc1nc2nc[nH]c2c(=O)n1Cc1cccc(I)c1. The second-order valence-electron chi connectivity index (χ2n) is 4.09. The number of aromatic amines is 1. The highest BCUT2D eigenvalue weighted by atomic mass is 127. The highest BCUT2D eigenvalue weighted by Crippen LogP contribution is 2.11. The molecule has 0 aliphatic heterocycles. The molecule has 0 spiro atoms. The van der Waals surface area contributed by atoms with Crippen molar-refractivity contribution in [1.82, 2.24) is 19.5 Å². The summed E-state index contributed by atoms with van der Waals surface area (Å²) in [6.45, 7) is 0.392. The van der Waals surface area contributed by atoms with Crippen molar-refractivity contribution in [2.45, 2.75) is 6.54 Å². The summed E-state index contributed by atoms with van der Waals surface area (Å²) < 4.78 is 2.55. The van der Waals surface area contributed by atoms with Gasteiger partial charge in [-0.05, 0) is 40.3 Å². The first-order valence-corrected chi connectivity index (χ1v) is 6.67. The van der Waals surface area contributed by atoms with Crippen LogP contribution in [0.1, 0.15) is 5.56 Å². The van der Waals surface area contributed by atoms with E-state index in [1.807, 2.05) is 24.3 Å². The maximum Gasteiger partial charge on any atom is 0.281 e. The molecule has 0 aliphatic rings. The van der Waals surface area contributed by atoms with Gasteiger partial charge >= 0.3 is 0 Å². The summed E-state index contributed by atoms with van der Waals surface area (Å²) >= 11 is 2.23. The molecule has 3 aromatic rings. The largest absolute Gasteiger partial charge is 0.369 e. The van der Waals surface area contributed by atoms with Crippen LogP contribution >= 0.6 is 22.6 Å². The Hall–Kier alpha value is -1.90. The minimum absolute atomic E-state index is 0.170. The third-order valence-corrected chi connectivity index (χ3v) is 3.48. The van der Waals surface area contributed by atoms with E-state index in [9.17, 15) is 4.79 Å². The first-order valence-electron chi connectivity index (χ1n) is 5.59. The third kappa shape index (κ3) is 2.21. The average Bonchev–Trinajstić information content (AvgIpc) is 2.83. The number of nitrogens with zero attached hydrogens (tertiary/aromatic N) is 3. The van der Waals surface area contributed by atoms with E-state index in [1.165, 1.54) is 10.9 Å². The van der Waals surface area contributed by atoms with Gasteiger partial charge in [0.05, 0.1) is 12.9 Å². The average molecular weight is 367 g/mol. The van der Waals surface area contributed by atoms with Crippen LogP contribution in [-0.2, 0) is 6.54 Å². The summed E-state index contributed by atoms with van der Waals surface area (Å²) in [7, 11) is 0. The molecule has 0 atom stereocenters. The monoisotopic (exact) mass is 367 g/mol. The molecule has 0 saturated heterocycles. The second-order valence-corrected chi connectivity index (χ2v) is 5.34. The number of hydrogen-bond acceptors (Lipinski definition) is 4. The maximum absolute atomic E-state index is 12.3. The smallest absolute Gasteiger partial charge is 0.281 e. The van der Waals surface area contributed by atoms with E-state index in [1.54, 1.807) is 0 Å². The van der Waals surface area contributed by atoms with Crippen LogP contribution in [0, 0.1) is 3.57 Å². The minimum Gasteiger partial charge on any atom is -0.369 e. The highest BCUT2D eigenvalue weighted by Gasteiger charge is 2.10. The van der Waals surface area contributed by atoms with E-state index < -0.39 is 0 Å². The normalized spacial score (nSPS) is 11.0. The number of imidazole rings is 1. The van der Waals surface area contributed by atoms with Crippen LogP contribution in [0.2, 0.25) is 0 Å². The zero-order chi connectivity index (χ0) is 13.4. The number of H-pyrrole nitrogens is 1. The molecule has 3 rings (SSSR count). The molecule has 0 saturated carbocycles. The first kappa shape index (κ1) is 12.2. The zero-order valence-electron chi connectivity index (χ0n) is 9.80. The van der Waals surface area contributed by atoms with Crippen LogP contribution in [0.4, 0.5) is 5.95 Å². The summed E-state index contributed by atoms with van der Waals surface area (Å²) in [5.41, 5.74) is 7.34. The molecule has 6 nitrogen and oxygen atoms in total. The van der Waals surface area contributed by atoms with Crippen molar-refractivity contribution in [2.24, 2.45) is 0 Å². The summed E-state index contributed by atoms with van der Waals surface area (Å²) in [5, 5.41) is 0. The Balaban J connectivity index is 2.12. The van der Waals surface area contributed by atoms with Gasteiger partial charge in [0.25, 0.3) is 5.56 Å². The fourth-order valence-electron chi connectivity index (χ4n) is 1.91. The lowest BCUT2D eigenvalue weighted by Gasteiger charge is -2.08. The number of nitrogen functional groups attached to an aromatic ring is 1. The van der Waals surface area contributed by atoms with Crippen molar-refractivity contribution in [3.63, 3.8) is 0 Å². The molecule has 2 aromatic heterocycles. The maximum atomic E-state index is 12.3. The molecule has 3 N–H and O–H groups in total. The fraction of sp³-hybridized carbons (Fsp3) is 0.0833. The second kappa shape index (κ2) is 4.65. The molecule has 0 unspecified atom stereocenters. The van der Waals surface area contributed by atoms with Gasteiger partial charge in [-0.15, -0.1) is 0 Å². The van der Waals surface area contributed by atoms with Crippen LogP contribution < -0.4 is 11.3 Å². The van der Waals surface area contributed by atoms with Gasteiger partial charge in [0.15, 0.2) is 11.2 Å². The Bertz CT molecular complexity index is 807. The van der Waals surface area contributed by atoms with Crippen LogP contribution in [0.5, 0.6) is 0 Å². The van der Waals surface area contributed by atoms with Crippen molar-refractivity contribution < 1.29 is 0 Å². The number of benzene rings is 1. The van der Waals surface area contributed by atoms with Gasteiger partial charge in [-0.1, -0.05) is 12.1 Å². The van der Waals surface area contributed by atoms with Gasteiger partial charge in [-0.2, -0.15) is 4.98 Å². The summed E-state index contributed by atoms with van der Waals surface area (Å²) in [6.07, 6.45) is 1.44. The van der Waals surface area contributed by atoms with Crippen LogP contribution in [0.3, 0.4) is 0 Å². The lowest BCUT2D eigenvalue weighted by molar-refractivity contribution is 0.761. The standard InChI is InChI=1S/C12H10IN5O/c13-8-3-1-2-7(4-8)5-18-11(19)9-10(16-6-15-9)17-12(18)14/h1-4,6H,5H2,(H2,14,17)(H,15,16). The molecular weight excluding hydrogens is 357 g/mol. The molecular formula is C12H10IN5O. The highest BCUT2D eigenvalue weighted by molar-refractivity contribution is 14.1. The minimum atomic E-state index is -0.209. The van der Waals surface area contributed by atoms with Crippen molar-refractivity contribution in [2.75, 3.05) is 5.73 Å². The van der Waals surface area contributed by atoms with E-state index in [0.29, 0.717) is 17.7 Å². The van der Waals surface area contributed by atoms with Crippen molar-refractivity contribution >= 4 is 39.7 Å². The van der Waals surface area contributed by atoms with E-state index >= 15 is 0 Å². The van der Waals surface area contributed by atoms with Gasteiger partial charge in [-0.25, -0.2) is 4.98 Å². The predicted molar refractivity (Wildman–Crippen MR) is 80.8 cm³/mol. The summed E-state index contributed by atoms with van der Waals surface area (Å²) in [4.78, 5) is 23.1. The van der Waals surface area contributed by atoms with Crippen LogP contribution in [0.15, 0.2) is 35.4 Å². The Kier molecular flexibility index (Phi) is 2.97. The molecule has 19 heavy (non-hydrogen) atoms. The Labute approximate surface area is 121 Å². The van der Waals surface area contributed by atoms with Crippen LogP contribution in [0.25, 0.3) is 11.2 Å². The number of nitrogens with one attached hydrogen (secondary N) is 1. The van der Waals surface area contributed by atoms with Crippen molar-refractivity contribution in [3.05, 3.63) is 50.1 Å². The molecule has 0 bridgehead atoms. The Morgan fingerprint density at radius 1 is 1.42 bits per heavy atom. The molecule has 0 amide bonds. The van der Waals surface area contributed by atoms with Crippen molar-refractivity contribution in [3.8, 4) is 0 Å². The third-order valence-electron chi connectivity index (χ3n) is 2.81. The quantitative estimate of drug-likeness (QED) is 0.670. The van der Waals surface area contributed by atoms with Gasteiger partial charge < -0.3 is 10.7 Å². The molecule has 96 valence electrons. The lowest BCUT2D eigenvalue weighted by atomic mass is 10.2. The lowest BCUT2D eigenvalue weighted by Crippen LogP contribution is -2.25.